The first-order chi connectivity index (χ1) is 9.57. The molecule has 1 N–H and O–H groups in total. The van der Waals surface area contributed by atoms with Crippen LogP contribution in [0.4, 0.5) is 5.69 Å². The highest BCUT2D eigenvalue weighted by atomic mass is 35.5. The van der Waals surface area contributed by atoms with Crippen LogP contribution in [-0.2, 0) is 14.8 Å². The molecule has 1 aromatic carbocycles. The summed E-state index contributed by atoms with van der Waals surface area (Å²) in [6.45, 7) is 1.07. The second-order valence-electron chi connectivity index (χ2n) is 4.40. The molecule has 21 heavy (non-hydrogen) atoms. The number of carboxylic acid groups (broad SMARTS) is 1. The Morgan fingerprint density at radius 2 is 2.10 bits per heavy atom. The maximum Gasteiger partial charge on any atom is 0.307 e. The van der Waals surface area contributed by atoms with Gasteiger partial charge in [-0.15, -0.1) is 0 Å². The molecule has 0 aliphatic carbocycles. The third kappa shape index (κ3) is 3.90. The molecule has 1 aromatic rings. The zero-order valence-corrected chi connectivity index (χ0v) is 12.8. The Morgan fingerprint density at radius 3 is 2.57 bits per heavy atom. The molecule has 0 heterocycles. The molecule has 0 aliphatic heterocycles. The SMILES string of the molecule is CC(CN(C)S(=O)(=O)c1cc([N+](=O)[O-])ccc1Cl)C(=O)O. The van der Waals surface area contributed by atoms with Crippen LogP contribution >= 0.6 is 11.6 Å². The highest BCUT2D eigenvalue weighted by Gasteiger charge is 2.28. The molecule has 0 aromatic heterocycles. The topological polar surface area (TPSA) is 118 Å². The fourth-order valence-electron chi connectivity index (χ4n) is 1.53. The van der Waals surface area contributed by atoms with E-state index in [1.165, 1.54) is 14.0 Å². The van der Waals surface area contributed by atoms with E-state index in [0.29, 0.717) is 0 Å². The molecule has 0 amide bonds. The Labute approximate surface area is 126 Å². The first-order valence-corrected chi connectivity index (χ1v) is 7.52. The molecule has 0 spiro atoms. The fourth-order valence-corrected chi connectivity index (χ4v) is 3.28. The van der Waals surface area contributed by atoms with Crippen molar-refractivity contribution in [1.29, 1.82) is 0 Å². The van der Waals surface area contributed by atoms with Crippen molar-refractivity contribution in [2.45, 2.75) is 11.8 Å². The number of rotatable bonds is 6. The molecule has 1 atom stereocenters. The summed E-state index contributed by atoms with van der Waals surface area (Å²) in [5.74, 6) is -2.08. The van der Waals surface area contributed by atoms with Crippen molar-refractivity contribution in [3.8, 4) is 0 Å². The normalized spacial score (nSPS) is 13.1. The van der Waals surface area contributed by atoms with E-state index in [9.17, 15) is 23.3 Å². The summed E-state index contributed by atoms with van der Waals surface area (Å²) in [7, 11) is -2.94. The van der Waals surface area contributed by atoms with Gasteiger partial charge in [0.15, 0.2) is 0 Å². The lowest BCUT2D eigenvalue weighted by molar-refractivity contribution is -0.385. The van der Waals surface area contributed by atoms with Crippen LogP contribution in [-0.4, -0.2) is 42.3 Å². The Balaban J connectivity index is 3.21. The number of halogens is 1. The number of aliphatic carboxylic acids is 1. The van der Waals surface area contributed by atoms with Crippen molar-refractivity contribution < 1.29 is 23.2 Å². The van der Waals surface area contributed by atoms with Crippen molar-refractivity contribution in [2.75, 3.05) is 13.6 Å². The fraction of sp³-hybridized carbons (Fsp3) is 0.364. The standard InChI is InChI=1S/C11H13ClN2O6S/c1-7(11(15)16)6-13(2)21(19,20)10-5-8(14(17)18)3-4-9(10)12/h3-5,7H,6H2,1-2H3,(H,15,16). The molecule has 1 rings (SSSR count). The number of non-ortho nitro benzene ring substituents is 1. The van der Waals surface area contributed by atoms with Gasteiger partial charge >= 0.3 is 5.97 Å². The average Bonchev–Trinajstić information content (AvgIpc) is 2.38. The number of hydrogen-bond donors (Lipinski definition) is 1. The van der Waals surface area contributed by atoms with Gasteiger partial charge in [0.05, 0.1) is 15.9 Å². The third-order valence-electron chi connectivity index (χ3n) is 2.77. The van der Waals surface area contributed by atoms with Gasteiger partial charge in [0.1, 0.15) is 4.90 Å². The molecule has 1 unspecified atom stereocenters. The van der Waals surface area contributed by atoms with E-state index in [1.807, 2.05) is 0 Å². The summed E-state index contributed by atoms with van der Waals surface area (Å²) >= 11 is 5.78. The van der Waals surface area contributed by atoms with Crippen molar-refractivity contribution in [1.82, 2.24) is 4.31 Å². The monoisotopic (exact) mass is 336 g/mol. The third-order valence-corrected chi connectivity index (χ3v) is 5.07. The van der Waals surface area contributed by atoms with Crippen molar-refractivity contribution >= 4 is 33.3 Å². The van der Waals surface area contributed by atoms with Gasteiger partial charge in [-0.2, -0.15) is 0 Å². The minimum atomic E-state index is -4.12. The van der Waals surface area contributed by atoms with Gasteiger partial charge in [0.2, 0.25) is 10.0 Å². The molecule has 8 nitrogen and oxygen atoms in total. The number of nitrogens with zero attached hydrogens (tertiary/aromatic N) is 2. The molecule has 10 heteroatoms. The zero-order valence-electron chi connectivity index (χ0n) is 11.2. The Hall–Kier alpha value is -1.71. The van der Waals surface area contributed by atoms with E-state index in [2.05, 4.69) is 0 Å². The van der Waals surface area contributed by atoms with Crippen LogP contribution in [0.3, 0.4) is 0 Å². The quantitative estimate of drug-likeness (QED) is 0.622. The van der Waals surface area contributed by atoms with Crippen molar-refractivity contribution in [2.24, 2.45) is 5.92 Å². The molecular weight excluding hydrogens is 324 g/mol. The Bertz CT molecular complexity index is 675. The average molecular weight is 337 g/mol. The Morgan fingerprint density at radius 1 is 1.52 bits per heavy atom. The van der Waals surface area contributed by atoms with Gasteiger partial charge in [-0.1, -0.05) is 18.5 Å². The van der Waals surface area contributed by atoms with Crippen LogP contribution in [0.15, 0.2) is 23.1 Å². The number of sulfonamides is 1. The van der Waals surface area contributed by atoms with Gasteiger partial charge in [-0.3, -0.25) is 14.9 Å². The van der Waals surface area contributed by atoms with E-state index in [0.717, 1.165) is 22.5 Å². The molecular formula is C11H13ClN2O6S. The predicted molar refractivity (Wildman–Crippen MR) is 74.7 cm³/mol. The smallest absolute Gasteiger partial charge is 0.307 e. The van der Waals surface area contributed by atoms with Gasteiger partial charge in [0, 0.05) is 25.7 Å². The molecule has 0 saturated heterocycles. The molecule has 0 saturated carbocycles. The summed E-state index contributed by atoms with van der Waals surface area (Å²) in [5, 5.41) is 19.3. The van der Waals surface area contributed by atoms with E-state index in [-0.39, 0.29) is 11.6 Å². The lowest BCUT2D eigenvalue weighted by atomic mass is 10.2. The summed E-state index contributed by atoms with van der Waals surface area (Å²) in [6.07, 6.45) is 0. The number of carboxylic acids is 1. The lowest BCUT2D eigenvalue weighted by Gasteiger charge is -2.19. The number of carbonyl (C=O) groups is 1. The maximum absolute atomic E-state index is 12.3. The molecule has 0 aliphatic rings. The van der Waals surface area contributed by atoms with Crippen LogP contribution in [0.5, 0.6) is 0 Å². The first kappa shape index (κ1) is 17.3. The molecule has 116 valence electrons. The number of hydrogen-bond acceptors (Lipinski definition) is 5. The van der Waals surface area contributed by atoms with Crippen LogP contribution in [0.1, 0.15) is 6.92 Å². The number of benzene rings is 1. The van der Waals surface area contributed by atoms with Gasteiger partial charge < -0.3 is 5.11 Å². The minimum absolute atomic E-state index is 0.171. The summed E-state index contributed by atoms with van der Waals surface area (Å²) in [4.78, 5) is 20.3. The molecule has 0 bridgehead atoms. The van der Waals surface area contributed by atoms with Crippen LogP contribution < -0.4 is 0 Å². The number of nitro benzene ring substituents is 1. The van der Waals surface area contributed by atoms with Crippen LogP contribution in [0.2, 0.25) is 5.02 Å². The van der Waals surface area contributed by atoms with E-state index < -0.39 is 37.4 Å². The highest BCUT2D eigenvalue weighted by Crippen LogP contribution is 2.28. The van der Waals surface area contributed by atoms with E-state index in [1.54, 1.807) is 0 Å². The van der Waals surface area contributed by atoms with E-state index >= 15 is 0 Å². The second kappa shape index (κ2) is 6.37. The van der Waals surface area contributed by atoms with E-state index in [4.69, 9.17) is 16.7 Å². The first-order valence-electron chi connectivity index (χ1n) is 5.70. The molecule has 0 fully saturated rings. The van der Waals surface area contributed by atoms with Crippen molar-refractivity contribution in [3.63, 3.8) is 0 Å². The minimum Gasteiger partial charge on any atom is -0.481 e. The zero-order chi connectivity index (χ0) is 16.4. The van der Waals surface area contributed by atoms with Crippen molar-refractivity contribution in [3.05, 3.63) is 33.3 Å². The largest absolute Gasteiger partial charge is 0.481 e. The van der Waals surface area contributed by atoms with Gasteiger partial charge in [0.25, 0.3) is 5.69 Å². The van der Waals surface area contributed by atoms with Gasteiger partial charge in [-0.05, 0) is 6.07 Å². The summed E-state index contributed by atoms with van der Waals surface area (Å²) in [6, 6.07) is 3.04. The number of nitro groups is 1. The molecule has 0 radical (unpaired) electrons. The Kier molecular flexibility index (Phi) is 5.26. The van der Waals surface area contributed by atoms with Crippen LogP contribution in [0.25, 0.3) is 0 Å². The van der Waals surface area contributed by atoms with Gasteiger partial charge in [-0.25, -0.2) is 12.7 Å². The highest BCUT2D eigenvalue weighted by molar-refractivity contribution is 7.89. The second-order valence-corrected chi connectivity index (χ2v) is 6.82. The maximum atomic E-state index is 12.3. The lowest BCUT2D eigenvalue weighted by Crippen LogP contribution is -2.33. The summed E-state index contributed by atoms with van der Waals surface area (Å²) < 4.78 is 25.4. The summed E-state index contributed by atoms with van der Waals surface area (Å²) in [5.41, 5.74) is -0.419. The predicted octanol–water partition coefficient (Wildman–Crippen LogP) is 1.59. The van der Waals surface area contributed by atoms with Crippen LogP contribution in [0, 0.1) is 16.0 Å².